The number of thioether (sulfide) groups is 1. The molecule has 3 aromatic carbocycles. The number of carbonyl (C=O) groups excluding carboxylic acids is 2. The fourth-order valence-corrected chi connectivity index (χ4v) is 5.32. The molecule has 0 fully saturated rings. The average molecular weight is 529 g/mol. The predicted octanol–water partition coefficient (Wildman–Crippen LogP) is 6.66. The highest BCUT2D eigenvalue weighted by molar-refractivity contribution is 8.03. The molecule has 37 heavy (non-hydrogen) atoms. The van der Waals surface area contributed by atoms with E-state index in [1.165, 1.54) is 11.8 Å². The number of allylic oxidation sites excluding steroid dienone is 1. The molecular formula is C30H25ClN2O3S. The smallest absolute Gasteiger partial charge is 0.337 e. The number of dihydropyridines is 1. The number of nitriles is 1. The SMILES string of the molecule is CCOC(=O)C1=C(c2ccccc2)NC(SCC(=O)c2ccc(C)cc2)=C(C#N)C1c1ccccc1Cl. The van der Waals surface area contributed by atoms with Gasteiger partial charge in [-0.3, -0.25) is 4.79 Å². The quantitative estimate of drug-likeness (QED) is 0.260. The summed E-state index contributed by atoms with van der Waals surface area (Å²) in [5, 5.41) is 14.5. The fourth-order valence-electron chi connectivity index (χ4n) is 4.14. The molecule has 0 aliphatic carbocycles. The summed E-state index contributed by atoms with van der Waals surface area (Å²) in [6, 6.07) is 26.2. The summed E-state index contributed by atoms with van der Waals surface area (Å²) in [5.74, 6) is -1.26. The molecule has 0 saturated heterocycles. The van der Waals surface area contributed by atoms with E-state index >= 15 is 0 Å². The van der Waals surface area contributed by atoms with E-state index in [0.717, 1.165) is 11.1 Å². The molecule has 7 heteroatoms. The van der Waals surface area contributed by atoms with E-state index in [9.17, 15) is 14.9 Å². The van der Waals surface area contributed by atoms with E-state index in [2.05, 4.69) is 11.4 Å². The van der Waals surface area contributed by atoms with Crippen LogP contribution in [0.2, 0.25) is 5.02 Å². The number of benzene rings is 3. The Morgan fingerprint density at radius 3 is 2.35 bits per heavy atom. The van der Waals surface area contributed by atoms with E-state index in [1.54, 1.807) is 37.3 Å². The third-order valence-electron chi connectivity index (χ3n) is 5.95. The molecular weight excluding hydrogens is 504 g/mol. The second-order valence-corrected chi connectivity index (χ2v) is 9.78. The van der Waals surface area contributed by atoms with Crippen molar-refractivity contribution in [3.05, 3.63) is 122 Å². The first-order valence-electron chi connectivity index (χ1n) is 11.8. The van der Waals surface area contributed by atoms with Crippen LogP contribution in [0.1, 0.15) is 39.9 Å². The minimum absolute atomic E-state index is 0.0627. The van der Waals surface area contributed by atoms with E-state index in [-0.39, 0.29) is 18.1 Å². The van der Waals surface area contributed by atoms with Gasteiger partial charge in [-0.25, -0.2) is 4.79 Å². The van der Waals surface area contributed by atoms with Crippen LogP contribution < -0.4 is 5.32 Å². The minimum atomic E-state index is -0.772. The Bertz CT molecular complexity index is 1420. The Labute approximate surface area is 225 Å². The van der Waals surface area contributed by atoms with Crippen LogP contribution >= 0.6 is 23.4 Å². The third kappa shape index (κ3) is 5.80. The molecule has 0 amide bonds. The molecule has 1 N–H and O–H groups in total. The Kier molecular flexibility index (Phi) is 8.50. The number of nitrogens with one attached hydrogen (secondary N) is 1. The minimum Gasteiger partial charge on any atom is -0.463 e. The summed E-state index contributed by atoms with van der Waals surface area (Å²) in [7, 11) is 0. The van der Waals surface area contributed by atoms with Gasteiger partial charge < -0.3 is 10.1 Å². The summed E-state index contributed by atoms with van der Waals surface area (Å²) in [6.45, 7) is 3.88. The lowest BCUT2D eigenvalue weighted by Gasteiger charge is -2.31. The van der Waals surface area contributed by atoms with Crippen molar-refractivity contribution in [1.82, 2.24) is 5.32 Å². The summed E-state index contributed by atoms with van der Waals surface area (Å²) in [5.41, 5.74) is 4.16. The Hall–Kier alpha value is -3.79. The highest BCUT2D eigenvalue weighted by Gasteiger charge is 2.38. The first-order chi connectivity index (χ1) is 17.9. The lowest BCUT2D eigenvalue weighted by Crippen LogP contribution is -2.29. The number of carbonyl (C=O) groups is 2. The van der Waals surface area contributed by atoms with Crippen molar-refractivity contribution >= 4 is 40.8 Å². The molecule has 3 aromatic rings. The number of esters is 1. The summed E-state index contributed by atoms with van der Waals surface area (Å²) >= 11 is 7.83. The molecule has 0 aromatic heterocycles. The maximum Gasteiger partial charge on any atom is 0.337 e. The Morgan fingerprint density at radius 1 is 1.03 bits per heavy atom. The van der Waals surface area contributed by atoms with Gasteiger partial charge in [-0.05, 0) is 31.0 Å². The van der Waals surface area contributed by atoms with Gasteiger partial charge in [0.25, 0.3) is 0 Å². The molecule has 4 rings (SSSR count). The summed E-state index contributed by atoms with van der Waals surface area (Å²) in [6.07, 6.45) is 0. The number of hydrogen-bond donors (Lipinski definition) is 1. The van der Waals surface area contributed by atoms with Gasteiger partial charge in [0, 0.05) is 10.6 Å². The van der Waals surface area contributed by atoms with Crippen LogP contribution in [0.3, 0.4) is 0 Å². The molecule has 1 aliphatic rings. The molecule has 1 heterocycles. The first-order valence-corrected chi connectivity index (χ1v) is 13.2. The van der Waals surface area contributed by atoms with Crippen molar-refractivity contribution in [2.24, 2.45) is 0 Å². The first kappa shape index (κ1) is 26.3. The molecule has 0 radical (unpaired) electrons. The van der Waals surface area contributed by atoms with Crippen LogP contribution in [-0.2, 0) is 9.53 Å². The molecule has 0 spiro atoms. The van der Waals surface area contributed by atoms with Gasteiger partial charge in [-0.1, -0.05) is 102 Å². The van der Waals surface area contributed by atoms with Crippen molar-refractivity contribution in [2.75, 3.05) is 12.4 Å². The zero-order valence-corrected chi connectivity index (χ0v) is 22.0. The number of halogens is 1. The van der Waals surface area contributed by atoms with Crippen LogP contribution in [0, 0.1) is 18.3 Å². The number of ether oxygens (including phenoxy) is 1. The maximum atomic E-state index is 13.4. The lowest BCUT2D eigenvalue weighted by atomic mass is 9.81. The zero-order chi connectivity index (χ0) is 26.4. The van der Waals surface area contributed by atoms with Crippen LogP contribution in [-0.4, -0.2) is 24.1 Å². The molecule has 5 nitrogen and oxygen atoms in total. The lowest BCUT2D eigenvalue weighted by molar-refractivity contribution is -0.138. The monoisotopic (exact) mass is 528 g/mol. The van der Waals surface area contributed by atoms with Crippen LogP contribution in [0.5, 0.6) is 0 Å². The van der Waals surface area contributed by atoms with E-state index in [1.807, 2.05) is 55.5 Å². The van der Waals surface area contributed by atoms with Gasteiger partial charge in [0.1, 0.15) is 0 Å². The molecule has 1 aliphatic heterocycles. The Morgan fingerprint density at radius 2 is 1.70 bits per heavy atom. The van der Waals surface area contributed by atoms with Crippen LogP contribution in [0.25, 0.3) is 5.70 Å². The van der Waals surface area contributed by atoms with Crippen LogP contribution in [0.4, 0.5) is 0 Å². The summed E-state index contributed by atoms with van der Waals surface area (Å²) < 4.78 is 5.45. The van der Waals surface area contributed by atoms with Gasteiger partial charge in [0.2, 0.25) is 0 Å². The standard InChI is InChI=1S/C30H25ClN2O3S/c1-3-36-30(35)27-26(22-11-7-8-12-24(22)31)23(17-32)29(33-28(27)21-9-5-4-6-10-21)37-18-25(34)20-15-13-19(2)14-16-20/h4-16,26,33H,3,18H2,1-2H3. The van der Waals surface area contributed by atoms with Crippen molar-refractivity contribution in [3.8, 4) is 6.07 Å². The van der Waals surface area contributed by atoms with Gasteiger partial charge in [-0.2, -0.15) is 5.26 Å². The van der Waals surface area contributed by atoms with Gasteiger partial charge in [0.15, 0.2) is 5.78 Å². The number of Topliss-reactive ketones (excluding diaryl/α,β-unsaturated/α-hetero) is 1. The third-order valence-corrected chi connectivity index (χ3v) is 7.31. The van der Waals surface area contributed by atoms with Gasteiger partial charge >= 0.3 is 5.97 Å². The van der Waals surface area contributed by atoms with Gasteiger partial charge in [-0.15, -0.1) is 0 Å². The average Bonchev–Trinajstić information content (AvgIpc) is 2.92. The second-order valence-electron chi connectivity index (χ2n) is 8.39. The van der Waals surface area contributed by atoms with Crippen molar-refractivity contribution in [3.63, 3.8) is 0 Å². The number of hydrogen-bond acceptors (Lipinski definition) is 6. The van der Waals surface area contributed by atoms with E-state index < -0.39 is 11.9 Å². The number of aryl methyl sites for hydroxylation is 1. The predicted molar refractivity (Wildman–Crippen MR) is 148 cm³/mol. The highest BCUT2D eigenvalue weighted by atomic mass is 35.5. The molecule has 1 unspecified atom stereocenters. The maximum absolute atomic E-state index is 13.4. The van der Waals surface area contributed by atoms with E-state index in [4.69, 9.17) is 16.3 Å². The number of ketones is 1. The van der Waals surface area contributed by atoms with Crippen molar-refractivity contribution < 1.29 is 14.3 Å². The fraction of sp³-hybridized carbons (Fsp3) is 0.167. The second kappa shape index (κ2) is 12.0. The van der Waals surface area contributed by atoms with Crippen LogP contribution in [0.15, 0.2) is 95.0 Å². The molecule has 0 bridgehead atoms. The molecule has 186 valence electrons. The molecule has 1 atom stereocenters. The largest absolute Gasteiger partial charge is 0.463 e. The highest BCUT2D eigenvalue weighted by Crippen LogP contribution is 2.45. The number of rotatable bonds is 8. The normalized spacial score (nSPS) is 15.1. The van der Waals surface area contributed by atoms with Crippen molar-refractivity contribution in [2.45, 2.75) is 19.8 Å². The summed E-state index contributed by atoms with van der Waals surface area (Å²) in [4.78, 5) is 26.3. The zero-order valence-electron chi connectivity index (χ0n) is 20.5. The Balaban J connectivity index is 1.83. The topological polar surface area (TPSA) is 79.2 Å². The van der Waals surface area contributed by atoms with Gasteiger partial charge in [0.05, 0.1) is 46.2 Å². The number of nitrogens with zero attached hydrogens (tertiary/aromatic N) is 1. The molecule has 0 saturated carbocycles. The van der Waals surface area contributed by atoms with E-state index in [0.29, 0.717) is 38.0 Å². The van der Waals surface area contributed by atoms with Crippen molar-refractivity contribution in [1.29, 1.82) is 5.26 Å².